The summed E-state index contributed by atoms with van der Waals surface area (Å²) in [6.07, 6.45) is 0.861. The lowest BCUT2D eigenvalue weighted by atomic mass is 9.37. The lowest BCUT2D eigenvalue weighted by Crippen LogP contribution is -2.74. The number of cyclic esters (lactones) is 1. The number of rotatable bonds is 3. The van der Waals surface area contributed by atoms with E-state index in [1.807, 2.05) is 34.6 Å². The summed E-state index contributed by atoms with van der Waals surface area (Å²) in [4.78, 5) is 39.7. The molecular weight excluding hydrogens is 468 g/mol. The van der Waals surface area contributed by atoms with Crippen LogP contribution in [0.1, 0.15) is 65.5 Å². The van der Waals surface area contributed by atoms with Crippen LogP contribution in [0.2, 0.25) is 0 Å². The Morgan fingerprint density at radius 1 is 1.14 bits per heavy atom. The normalized spacial score (nSPS) is 50.3. The predicted octanol–water partition coefficient (Wildman–Crippen LogP) is 2.74. The van der Waals surface area contributed by atoms with Crippen molar-refractivity contribution in [3.8, 4) is 0 Å². The molecule has 3 aliphatic heterocycles. The maximum absolute atomic E-state index is 14.1. The van der Waals surface area contributed by atoms with E-state index in [-0.39, 0.29) is 18.1 Å². The van der Waals surface area contributed by atoms with E-state index in [0.717, 1.165) is 5.56 Å². The van der Waals surface area contributed by atoms with Crippen molar-refractivity contribution in [1.82, 2.24) is 0 Å². The summed E-state index contributed by atoms with van der Waals surface area (Å²) in [5.41, 5.74) is -3.91. The molecule has 5 fully saturated rings. The number of aliphatic hydroxyl groups excluding tert-OH is 1. The van der Waals surface area contributed by atoms with E-state index in [9.17, 15) is 19.5 Å². The van der Waals surface area contributed by atoms with Gasteiger partial charge in [0.05, 0.1) is 43.7 Å². The minimum absolute atomic E-state index is 0.00285. The number of epoxide rings is 1. The molecule has 1 spiro atoms. The Labute approximate surface area is 209 Å². The SMILES string of the molecule is COC(=O)C[C@@H]1OC(C)(C)[C@H]2C(=O)[C@H](O)[C@]3(C)[C@H](CC[C@@]4(C)[C@H](c5ccoc5)OC(=O)[C@@H]5O[C@@]534)[C@]12C. The number of hydrogen-bond acceptors (Lipinski definition) is 9. The first-order chi connectivity index (χ1) is 16.8. The van der Waals surface area contributed by atoms with Gasteiger partial charge in [-0.1, -0.05) is 20.8 Å². The molecule has 2 aliphatic carbocycles. The number of furan rings is 1. The molecule has 0 amide bonds. The number of carbonyl (C=O) groups is 3. The van der Waals surface area contributed by atoms with E-state index in [1.54, 1.807) is 12.3 Å². The van der Waals surface area contributed by atoms with E-state index >= 15 is 0 Å². The van der Waals surface area contributed by atoms with Crippen LogP contribution in [0.5, 0.6) is 0 Å². The Balaban J connectivity index is 1.52. The molecule has 1 N–H and O–H groups in total. The fraction of sp³-hybridized carbons (Fsp3) is 0.741. The summed E-state index contributed by atoms with van der Waals surface area (Å²) < 4.78 is 28.9. The van der Waals surface area contributed by atoms with Crippen molar-refractivity contribution >= 4 is 17.7 Å². The first-order valence-corrected chi connectivity index (χ1v) is 12.7. The monoisotopic (exact) mass is 502 g/mol. The number of hydrogen-bond donors (Lipinski definition) is 1. The van der Waals surface area contributed by atoms with Gasteiger partial charge in [-0.3, -0.25) is 9.59 Å². The molecule has 4 heterocycles. The number of ketones is 1. The summed E-state index contributed by atoms with van der Waals surface area (Å²) in [5, 5.41) is 11.8. The first kappa shape index (κ1) is 24.1. The van der Waals surface area contributed by atoms with Gasteiger partial charge >= 0.3 is 11.9 Å². The second kappa shape index (κ2) is 6.99. The van der Waals surface area contributed by atoms with Crippen molar-refractivity contribution in [2.75, 3.05) is 7.11 Å². The fourth-order valence-electron chi connectivity index (χ4n) is 9.38. The van der Waals surface area contributed by atoms with E-state index in [2.05, 4.69) is 0 Å². The number of carbonyl (C=O) groups excluding carboxylic acids is 3. The maximum atomic E-state index is 14.1. The number of ether oxygens (including phenoxy) is 4. The van der Waals surface area contributed by atoms with Crippen LogP contribution in [-0.2, 0) is 33.3 Å². The van der Waals surface area contributed by atoms with Crippen LogP contribution in [-0.4, -0.2) is 59.5 Å². The third kappa shape index (κ3) is 2.45. The van der Waals surface area contributed by atoms with Crippen LogP contribution >= 0.6 is 0 Å². The number of fused-ring (bicyclic) bond motifs is 3. The molecule has 9 heteroatoms. The maximum Gasteiger partial charge on any atom is 0.339 e. The van der Waals surface area contributed by atoms with E-state index in [4.69, 9.17) is 23.4 Å². The number of esters is 2. The molecule has 0 aromatic carbocycles. The summed E-state index contributed by atoms with van der Waals surface area (Å²) in [6.45, 7) is 9.58. The zero-order valence-corrected chi connectivity index (χ0v) is 21.5. The van der Waals surface area contributed by atoms with E-state index in [1.165, 1.54) is 13.4 Å². The predicted molar refractivity (Wildman–Crippen MR) is 122 cm³/mol. The van der Waals surface area contributed by atoms with E-state index in [0.29, 0.717) is 12.8 Å². The average Bonchev–Trinajstić information content (AvgIpc) is 3.31. The lowest BCUT2D eigenvalue weighted by Gasteiger charge is -2.66. The van der Waals surface area contributed by atoms with Crippen LogP contribution in [0.4, 0.5) is 0 Å². The van der Waals surface area contributed by atoms with Crippen LogP contribution in [0, 0.1) is 28.1 Å². The highest BCUT2D eigenvalue weighted by Crippen LogP contribution is 2.79. The molecule has 3 saturated heterocycles. The molecule has 0 bridgehead atoms. The fourth-order valence-corrected chi connectivity index (χ4v) is 9.38. The molecule has 0 unspecified atom stereocenters. The summed E-state index contributed by atoms with van der Waals surface area (Å²) in [7, 11) is 1.33. The first-order valence-electron chi connectivity index (χ1n) is 12.7. The third-order valence-corrected chi connectivity index (χ3v) is 10.7. The van der Waals surface area contributed by atoms with Gasteiger partial charge in [-0.2, -0.15) is 0 Å². The van der Waals surface area contributed by atoms with Crippen molar-refractivity contribution in [3.63, 3.8) is 0 Å². The molecule has 10 atom stereocenters. The van der Waals surface area contributed by atoms with Crippen LogP contribution in [0.15, 0.2) is 23.0 Å². The Bertz CT molecular complexity index is 1140. The Morgan fingerprint density at radius 3 is 2.50 bits per heavy atom. The van der Waals surface area contributed by atoms with Gasteiger partial charge in [-0.25, -0.2) is 4.79 Å². The second-order valence-corrected chi connectivity index (χ2v) is 12.5. The third-order valence-electron chi connectivity index (χ3n) is 10.7. The Morgan fingerprint density at radius 2 is 1.86 bits per heavy atom. The standard InChI is InChI=1S/C27H34O9/c1-23(2)18-17(29)19(30)26(5)14(25(18,4)15(35-23)11-16(28)32-6)7-9-24(3)20(13-8-10-33-12-13)34-22(31)21-27(24,26)36-21/h8,10,12,14-15,18-21,30H,7,9,11H2,1-6H3/t14-,15+,18-,19+,20+,21+,24+,25-,26+,27-/m1/s1. The van der Waals surface area contributed by atoms with E-state index < -0.39 is 69.7 Å². The van der Waals surface area contributed by atoms with Crippen molar-refractivity contribution < 1.29 is 42.9 Å². The quantitative estimate of drug-likeness (QED) is 0.491. The van der Waals surface area contributed by atoms with Gasteiger partial charge in [0.1, 0.15) is 17.8 Å². The van der Waals surface area contributed by atoms with Crippen LogP contribution in [0.25, 0.3) is 0 Å². The van der Waals surface area contributed by atoms with Crippen molar-refractivity contribution in [2.45, 2.75) is 89.5 Å². The van der Waals surface area contributed by atoms with Gasteiger partial charge < -0.3 is 28.5 Å². The molecule has 2 saturated carbocycles. The summed E-state index contributed by atoms with van der Waals surface area (Å²) in [5.74, 6) is -2.15. The van der Waals surface area contributed by atoms with Crippen molar-refractivity contribution in [1.29, 1.82) is 0 Å². The molecule has 5 aliphatic rings. The molecule has 1 aromatic heterocycles. The van der Waals surface area contributed by atoms with Gasteiger partial charge in [-0.05, 0) is 38.7 Å². The summed E-state index contributed by atoms with van der Waals surface area (Å²) >= 11 is 0. The van der Waals surface area contributed by atoms with Gasteiger partial charge in [0, 0.05) is 21.8 Å². The highest BCUT2D eigenvalue weighted by Gasteiger charge is 2.89. The Kier molecular flexibility index (Phi) is 4.69. The Hall–Kier alpha value is -2.23. The number of methoxy groups -OCH3 is 1. The molecule has 6 rings (SSSR count). The minimum Gasteiger partial charge on any atom is -0.472 e. The van der Waals surface area contributed by atoms with Gasteiger partial charge in [-0.15, -0.1) is 0 Å². The topological polar surface area (TPSA) is 125 Å². The largest absolute Gasteiger partial charge is 0.472 e. The highest BCUT2D eigenvalue weighted by atomic mass is 16.7. The zero-order chi connectivity index (χ0) is 26.1. The summed E-state index contributed by atoms with van der Waals surface area (Å²) in [6, 6.07) is 1.77. The molecular formula is C27H34O9. The number of aliphatic hydroxyl groups is 1. The second-order valence-electron chi connectivity index (χ2n) is 12.5. The van der Waals surface area contributed by atoms with Crippen LogP contribution in [0.3, 0.4) is 0 Å². The average molecular weight is 503 g/mol. The van der Waals surface area contributed by atoms with Crippen molar-refractivity contribution in [3.05, 3.63) is 24.2 Å². The van der Waals surface area contributed by atoms with Gasteiger partial charge in [0.25, 0.3) is 0 Å². The lowest BCUT2D eigenvalue weighted by molar-refractivity contribution is -0.238. The molecule has 1 aromatic rings. The molecule has 0 radical (unpaired) electrons. The van der Waals surface area contributed by atoms with Crippen molar-refractivity contribution in [2.24, 2.45) is 28.1 Å². The molecule has 196 valence electrons. The van der Waals surface area contributed by atoms with Gasteiger partial charge in [0.2, 0.25) is 0 Å². The molecule has 9 nitrogen and oxygen atoms in total. The molecule has 36 heavy (non-hydrogen) atoms. The van der Waals surface area contributed by atoms with Crippen LogP contribution < -0.4 is 0 Å². The number of Topliss-reactive ketones (excluding diaryl/α,β-unsaturated/α-hetero) is 1. The highest BCUT2D eigenvalue weighted by molar-refractivity contribution is 5.91. The zero-order valence-electron chi connectivity index (χ0n) is 21.5. The minimum atomic E-state index is -1.37. The van der Waals surface area contributed by atoms with Gasteiger partial charge in [0.15, 0.2) is 11.9 Å². The smallest absolute Gasteiger partial charge is 0.339 e.